The second kappa shape index (κ2) is 8.92. The first-order valence-electron chi connectivity index (χ1n) is 13.2. The minimum atomic E-state index is -1.10. The predicted molar refractivity (Wildman–Crippen MR) is 142 cm³/mol. The molecule has 0 radical (unpaired) electrons. The molecule has 3 N–H and O–H groups in total. The van der Waals surface area contributed by atoms with E-state index >= 15 is 0 Å². The zero-order valence-corrected chi connectivity index (χ0v) is 21.2. The number of nitrogens with zero attached hydrogens (tertiary/aromatic N) is 2. The summed E-state index contributed by atoms with van der Waals surface area (Å²) in [4.78, 5) is 32.2. The summed E-state index contributed by atoms with van der Waals surface area (Å²) in [5.74, 6) is -0.319. The Labute approximate surface area is 216 Å². The average Bonchev–Trinajstić information content (AvgIpc) is 3.42. The number of hydrogen-bond acceptors (Lipinski definition) is 6. The van der Waals surface area contributed by atoms with E-state index in [0.717, 1.165) is 35.4 Å². The molecule has 2 fully saturated rings. The van der Waals surface area contributed by atoms with E-state index in [9.17, 15) is 19.8 Å². The van der Waals surface area contributed by atoms with E-state index in [2.05, 4.69) is 45.6 Å². The number of phenolic OH excluding ortho intramolecular Hbond substituents is 1. The fraction of sp³-hybridized carbons (Fsp3) is 0.433. The first kappa shape index (κ1) is 24.1. The summed E-state index contributed by atoms with van der Waals surface area (Å²) in [7, 11) is 2.02. The molecule has 0 spiro atoms. The fourth-order valence-corrected chi connectivity index (χ4v) is 7.14. The number of hydrogen-bond donors (Lipinski definition) is 3. The van der Waals surface area contributed by atoms with Crippen molar-refractivity contribution in [2.45, 2.75) is 55.6 Å². The van der Waals surface area contributed by atoms with Gasteiger partial charge >= 0.3 is 0 Å². The van der Waals surface area contributed by atoms with Crippen molar-refractivity contribution < 1.29 is 19.8 Å². The van der Waals surface area contributed by atoms with Gasteiger partial charge in [0.1, 0.15) is 11.5 Å². The number of rotatable bonds is 5. The van der Waals surface area contributed by atoms with Crippen LogP contribution in [0.25, 0.3) is 5.57 Å². The third-order valence-corrected chi connectivity index (χ3v) is 9.12. The lowest BCUT2D eigenvalue weighted by Crippen LogP contribution is -2.72. The topological polar surface area (TPSA) is 102 Å². The maximum absolute atomic E-state index is 13.2. The number of likely N-dealkylation sites (tertiary alicyclic amines) is 1. The van der Waals surface area contributed by atoms with Crippen molar-refractivity contribution in [3.8, 4) is 5.75 Å². The number of nitrogens with one attached hydrogen (secondary N) is 1. The highest BCUT2D eigenvalue weighted by molar-refractivity contribution is 6.11. The minimum Gasteiger partial charge on any atom is -0.507 e. The molecule has 2 aromatic carbocycles. The van der Waals surface area contributed by atoms with Gasteiger partial charge in [0.25, 0.3) is 5.91 Å². The number of amides is 1. The van der Waals surface area contributed by atoms with E-state index in [1.54, 1.807) is 6.07 Å². The quantitative estimate of drug-likeness (QED) is 0.587. The normalized spacial score (nSPS) is 28.4. The number of aliphatic imine (C=N–C) groups is 1. The first-order chi connectivity index (χ1) is 17.8. The van der Waals surface area contributed by atoms with Crippen LogP contribution in [0.1, 0.15) is 58.3 Å². The van der Waals surface area contributed by atoms with Crippen LogP contribution in [0.15, 0.2) is 47.5 Å². The highest BCUT2D eigenvalue weighted by atomic mass is 16.3. The Hall–Kier alpha value is -3.29. The van der Waals surface area contributed by atoms with Gasteiger partial charge in [0.2, 0.25) is 0 Å². The zero-order chi connectivity index (χ0) is 25.8. The van der Waals surface area contributed by atoms with Crippen LogP contribution in [-0.2, 0) is 23.1 Å². The molecule has 192 valence electrons. The number of benzene rings is 2. The molecule has 37 heavy (non-hydrogen) atoms. The van der Waals surface area contributed by atoms with E-state index in [1.807, 2.05) is 19.3 Å². The van der Waals surface area contributed by atoms with Crippen LogP contribution in [0.4, 0.5) is 0 Å². The van der Waals surface area contributed by atoms with Gasteiger partial charge in [0.15, 0.2) is 0 Å². The number of likely N-dealkylation sites (N-methyl/N-ethyl adjacent to an activating group) is 1. The Kier molecular flexibility index (Phi) is 5.81. The monoisotopic (exact) mass is 499 g/mol. The van der Waals surface area contributed by atoms with Gasteiger partial charge in [-0.1, -0.05) is 36.4 Å². The summed E-state index contributed by atoms with van der Waals surface area (Å²) in [5.41, 5.74) is 3.15. The van der Waals surface area contributed by atoms with Crippen molar-refractivity contribution in [2.24, 2.45) is 4.99 Å². The highest BCUT2D eigenvalue weighted by Crippen LogP contribution is 2.59. The highest BCUT2D eigenvalue weighted by Gasteiger charge is 2.65. The largest absolute Gasteiger partial charge is 0.507 e. The lowest BCUT2D eigenvalue weighted by atomic mass is 9.49. The summed E-state index contributed by atoms with van der Waals surface area (Å²) in [6, 6.07) is 11.7. The number of fused-ring (bicyclic) bond motifs is 1. The SMILES string of the molecule is CN1CC[C@]23CC(=O)CC[C@@]2(O)[C@H]1Cc1ccc(C(=O)NCCc2ccc(C4=CCN=C4)cc2)c(O)c13. The van der Waals surface area contributed by atoms with Gasteiger partial charge in [-0.05, 0) is 67.6 Å². The number of carbonyl (C=O) groups is 2. The molecule has 1 saturated carbocycles. The molecule has 2 heterocycles. The van der Waals surface area contributed by atoms with Gasteiger partial charge in [-0.15, -0.1) is 0 Å². The van der Waals surface area contributed by atoms with Gasteiger partial charge in [-0.3, -0.25) is 14.6 Å². The van der Waals surface area contributed by atoms with Crippen LogP contribution in [0.5, 0.6) is 5.75 Å². The molecule has 2 aliphatic carbocycles. The molecule has 4 aliphatic rings. The summed E-state index contributed by atoms with van der Waals surface area (Å²) in [6.45, 7) is 1.89. The maximum atomic E-state index is 13.2. The van der Waals surface area contributed by atoms with E-state index in [-0.39, 0.29) is 35.5 Å². The zero-order valence-electron chi connectivity index (χ0n) is 21.2. The molecule has 1 saturated heterocycles. The van der Waals surface area contributed by atoms with Crippen LogP contribution in [-0.4, -0.2) is 71.3 Å². The van der Waals surface area contributed by atoms with Crippen molar-refractivity contribution in [1.82, 2.24) is 10.2 Å². The number of aliphatic hydroxyl groups is 1. The molecule has 7 heteroatoms. The van der Waals surface area contributed by atoms with Gasteiger partial charge in [0, 0.05) is 42.6 Å². The summed E-state index contributed by atoms with van der Waals surface area (Å²) in [5, 5.41) is 26.4. The maximum Gasteiger partial charge on any atom is 0.255 e. The van der Waals surface area contributed by atoms with Gasteiger partial charge in [-0.2, -0.15) is 0 Å². The fourth-order valence-electron chi connectivity index (χ4n) is 7.14. The van der Waals surface area contributed by atoms with Crippen molar-refractivity contribution in [3.05, 3.63) is 70.3 Å². The number of allylic oxidation sites excluding steroid dienone is 1. The molecule has 7 nitrogen and oxygen atoms in total. The lowest BCUT2D eigenvalue weighted by molar-refractivity contribution is -0.169. The first-order valence-corrected chi connectivity index (χ1v) is 13.2. The predicted octanol–water partition coefficient (Wildman–Crippen LogP) is 2.81. The molecule has 1 amide bonds. The molecule has 0 unspecified atom stereocenters. The molecule has 2 bridgehead atoms. The summed E-state index contributed by atoms with van der Waals surface area (Å²) >= 11 is 0. The molecule has 6 rings (SSSR count). The number of Topliss-reactive ketones (excluding diaryl/α,β-unsaturated/α-hetero) is 1. The number of piperidine rings is 1. The Morgan fingerprint density at radius 2 is 2.00 bits per heavy atom. The smallest absolute Gasteiger partial charge is 0.255 e. The number of aromatic hydroxyl groups is 1. The van der Waals surface area contributed by atoms with Crippen molar-refractivity contribution >= 4 is 23.5 Å². The number of ketones is 1. The molecule has 3 atom stereocenters. The second-order valence-corrected chi connectivity index (χ2v) is 11.0. The third kappa shape index (κ3) is 3.75. The Balaban J connectivity index is 1.22. The van der Waals surface area contributed by atoms with Gasteiger partial charge in [-0.25, -0.2) is 0 Å². The third-order valence-electron chi connectivity index (χ3n) is 9.12. The number of phenols is 1. The van der Waals surface area contributed by atoms with Crippen molar-refractivity contribution in [3.63, 3.8) is 0 Å². The van der Waals surface area contributed by atoms with Crippen LogP contribution in [0.3, 0.4) is 0 Å². The van der Waals surface area contributed by atoms with Crippen molar-refractivity contribution in [2.75, 3.05) is 26.7 Å². The summed E-state index contributed by atoms with van der Waals surface area (Å²) < 4.78 is 0. The molecule has 2 aliphatic heterocycles. The molecule has 0 aromatic heterocycles. The minimum absolute atomic E-state index is 0.0815. The Morgan fingerprint density at radius 1 is 1.19 bits per heavy atom. The van der Waals surface area contributed by atoms with Crippen LogP contribution < -0.4 is 5.32 Å². The molecular weight excluding hydrogens is 466 g/mol. The van der Waals surface area contributed by atoms with E-state index in [0.29, 0.717) is 44.2 Å². The lowest BCUT2D eigenvalue weighted by Gasteiger charge is -2.62. The van der Waals surface area contributed by atoms with Gasteiger partial charge in [0.05, 0.1) is 17.7 Å². The second-order valence-electron chi connectivity index (χ2n) is 11.0. The number of carbonyl (C=O) groups excluding carboxylic acids is 2. The van der Waals surface area contributed by atoms with Crippen molar-refractivity contribution in [1.29, 1.82) is 0 Å². The Morgan fingerprint density at radius 3 is 2.76 bits per heavy atom. The van der Waals surface area contributed by atoms with E-state index in [4.69, 9.17) is 0 Å². The van der Waals surface area contributed by atoms with Crippen LogP contribution >= 0.6 is 0 Å². The van der Waals surface area contributed by atoms with Crippen LogP contribution in [0.2, 0.25) is 0 Å². The van der Waals surface area contributed by atoms with Crippen LogP contribution in [0, 0.1) is 0 Å². The molecule has 2 aromatic rings. The Bertz CT molecular complexity index is 1330. The average molecular weight is 500 g/mol. The standard InChI is InChI=1S/C30H33N3O4/c1-33-15-12-29-17-23(34)8-11-30(29,37)25(33)16-21-6-7-24(27(35)26(21)29)28(36)32-14-9-19-2-4-20(5-3-19)22-10-13-31-18-22/h2-7,10,18,25,35,37H,8-9,11-17H2,1H3,(H,32,36)/t25-,29-,30-/m1/s1. The summed E-state index contributed by atoms with van der Waals surface area (Å²) in [6.07, 6.45) is 6.75. The van der Waals surface area contributed by atoms with Gasteiger partial charge < -0.3 is 20.4 Å². The molecular formula is C30H33N3O4. The van der Waals surface area contributed by atoms with E-state index in [1.165, 1.54) is 0 Å². The van der Waals surface area contributed by atoms with E-state index < -0.39 is 11.0 Å².